The van der Waals surface area contributed by atoms with Gasteiger partial charge < -0.3 is 19.9 Å². The maximum atomic E-state index is 13.4. The van der Waals surface area contributed by atoms with Crippen molar-refractivity contribution in [2.75, 3.05) is 30.0 Å². The number of fused-ring (bicyclic) bond motifs is 1. The zero-order valence-corrected chi connectivity index (χ0v) is 18.6. The predicted molar refractivity (Wildman–Crippen MR) is 119 cm³/mol. The molecule has 2 fully saturated rings. The standard InChI is InChI=1S/C22H25ClFN5O3.H2/c1-14-11-29-19(12-27(14)21(31)26-15-2-3-17(24)16(23)8-15)18(10-25-29)28-13-22(9-20(28)30)4-6-32-7-5-22;/h2-3,8,10,14H,4-7,9,11-13H2,1H3,(H,26,31);1H/t14-;/m0./s1. The quantitative estimate of drug-likeness (QED) is 0.732. The Labute approximate surface area is 191 Å². The van der Waals surface area contributed by atoms with Crippen LogP contribution in [0, 0.1) is 11.2 Å². The molecule has 3 amide bonds. The lowest BCUT2D eigenvalue weighted by Crippen LogP contribution is -2.47. The number of benzene rings is 1. The van der Waals surface area contributed by atoms with Gasteiger partial charge in [-0.25, -0.2) is 9.18 Å². The van der Waals surface area contributed by atoms with Crippen molar-refractivity contribution >= 4 is 34.9 Å². The monoisotopic (exact) mass is 463 g/mol. The number of amides is 3. The lowest BCUT2D eigenvalue weighted by Gasteiger charge is -2.35. The molecular weight excluding hydrogens is 437 g/mol. The molecule has 2 saturated heterocycles. The maximum Gasteiger partial charge on any atom is 0.322 e. The Morgan fingerprint density at radius 2 is 2.16 bits per heavy atom. The molecule has 4 heterocycles. The van der Waals surface area contributed by atoms with Crippen LogP contribution >= 0.6 is 11.6 Å². The van der Waals surface area contributed by atoms with Gasteiger partial charge in [0, 0.05) is 38.7 Å². The van der Waals surface area contributed by atoms with Crippen LogP contribution in [0.2, 0.25) is 5.02 Å². The first-order valence-corrected chi connectivity index (χ1v) is 11.2. The number of urea groups is 1. The fourth-order valence-electron chi connectivity index (χ4n) is 4.91. The molecule has 1 atom stereocenters. The summed E-state index contributed by atoms with van der Waals surface area (Å²) in [5, 5.41) is 7.24. The highest BCUT2D eigenvalue weighted by Crippen LogP contribution is 2.43. The van der Waals surface area contributed by atoms with Gasteiger partial charge in [0.1, 0.15) is 5.82 Å². The molecule has 0 radical (unpaired) electrons. The zero-order valence-electron chi connectivity index (χ0n) is 17.8. The Bertz CT molecular complexity index is 1070. The predicted octanol–water partition coefficient (Wildman–Crippen LogP) is 3.89. The molecule has 172 valence electrons. The van der Waals surface area contributed by atoms with Gasteiger partial charge in [0.2, 0.25) is 5.91 Å². The van der Waals surface area contributed by atoms with Crippen molar-refractivity contribution in [3.05, 3.63) is 40.9 Å². The van der Waals surface area contributed by atoms with E-state index in [4.69, 9.17) is 16.3 Å². The first kappa shape index (κ1) is 21.2. The van der Waals surface area contributed by atoms with Gasteiger partial charge in [-0.05, 0) is 38.0 Å². The molecule has 1 spiro atoms. The third kappa shape index (κ3) is 3.73. The molecule has 1 aromatic heterocycles. The van der Waals surface area contributed by atoms with E-state index in [1.165, 1.54) is 18.2 Å². The third-order valence-corrected chi connectivity index (χ3v) is 7.10. The number of rotatable bonds is 2. The Balaban J connectivity index is 0.00000259. The molecule has 8 nitrogen and oxygen atoms in total. The average Bonchev–Trinajstić information content (AvgIpc) is 3.30. The molecule has 3 aliphatic rings. The zero-order chi connectivity index (χ0) is 22.5. The number of carbonyl (C=O) groups is 2. The number of halogens is 2. The van der Waals surface area contributed by atoms with Crippen LogP contribution in [0.25, 0.3) is 0 Å². The molecule has 0 saturated carbocycles. The van der Waals surface area contributed by atoms with Gasteiger partial charge in [0.15, 0.2) is 0 Å². The molecule has 10 heteroatoms. The van der Waals surface area contributed by atoms with Crippen LogP contribution in [0.1, 0.15) is 33.3 Å². The highest BCUT2D eigenvalue weighted by molar-refractivity contribution is 6.31. The SMILES string of the molecule is C[C@H]1Cn2ncc(N3CC4(CCOCC4)CC3=O)c2CN1C(=O)Nc1ccc(F)c(Cl)c1.[HH]. The van der Waals surface area contributed by atoms with Crippen molar-refractivity contribution in [3.63, 3.8) is 0 Å². The second kappa shape index (κ2) is 8.04. The van der Waals surface area contributed by atoms with Gasteiger partial charge in [-0.2, -0.15) is 5.10 Å². The van der Waals surface area contributed by atoms with Crippen LogP contribution in [0.5, 0.6) is 0 Å². The molecule has 3 aliphatic heterocycles. The van der Waals surface area contributed by atoms with E-state index in [0.29, 0.717) is 45.0 Å². The maximum absolute atomic E-state index is 13.4. The van der Waals surface area contributed by atoms with Gasteiger partial charge in [-0.15, -0.1) is 0 Å². The van der Waals surface area contributed by atoms with Crippen LogP contribution in [-0.2, 0) is 22.6 Å². The summed E-state index contributed by atoms with van der Waals surface area (Å²) >= 11 is 5.84. The van der Waals surface area contributed by atoms with Gasteiger partial charge in [0.05, 0.1) is 41.7 Å². The molecule has 32 heavy (non-hydrogen) atoms. The molecule has 0 bridgehead atoms. The van der Waals surface area contributed by atoms with Crippen molar-refractivity contribution in [3.8, 4) is 0 Å². The number of hydrogen-bond acceptors (Lipinski definition) is 4. The molecule has 0 unspecified atom stereocenters. The minimum Gasteiger partial charge on any atom is -0.381 e. The van der Waals surface area contributed by atoms with Crippen molar-refractivity contribution in [2.24, 2.45) is 5.41 Å². The summed E-state index contributed by atoms with van der Waals surface area (Å²) in [6.07, 6.45) is 4.02. The molecule has 0 aliphatic carbocycles. The van der Waals surface area contributed by atoms with Gasteiger partial charge in [-0.3, -0.25) is 9.48 Å². The fourth-order valence-corrected chi connectivity index (χ4v) is 5.09. The summed E-state index contributed by atoms with van der Waals surface area (Å²) in [5.74, 6) is -0.444. The van der Waals surface area contributed by atoms with Crippen LogP contribution < -0.4 is 10.2 Å². The second-order valence-electron chi connectivity index (χ2n) is 8.96. The Morgan fingerprint density at radius 1 is 1.38 bits per heavy atom. The van der Waals surface area contributed by atoms with E-state index >= 15 is 0 Å². The number of nitrogens with one attached hydrogen (secondary N) is 1. The van der Waals surface area contributed by atoms with E-state index in [-0.39, 0.29) is 29.8 Å². The van der Waals surface area contributed by atoms with E-state index < -0.39 is 5.82 Å². The van der Waals surface area contributed by atoms with Crippen molar-refractivity contribution in [2.45, 2.75) is 45.3 Å². The van der Waals surface area contributed by atoms with Crippen molar-refractivity contribution < 1.29 is 20.1 Å². The smallest absolute Gasteiger partial charge is 0.322 e. The number of hydrogen-bond donors (Lipinski definition) is 1. The first-order chi connectivity index (χ1) is 15.3. The minimum atomic E-state index is -0.540. The lowest BCUT2D eigenvalue weighted by molar-refractivity contribution is -0.118. The summed E-state index contributed by atoms with van der Waals surface area (Å²) in [6, 6.07) is 3.65. The van der Waals surface area contributed by atoms with E-state index in [1.807, 2.05) is 16.5 Å². The second-order valence-corrected chi connectivity index (χ2v) is 9.37. The van der Waals surface area contributed by atoms with Crippen molar-refractivity contribution in [1.29, 1.82) is 0 Å². The van der Waals surface area contributed by atoms with E-state index in [2.05, 4.69) is 10.4 Å². The van der Waals surface area contributed by atoms with Crippen LogP contribution in [0.3, 0.4) is 0 Å². The summed E-state index contributed by atoms with van der Waals surface area (Å²) in [6.45, 7) is 4.81. The highest BCUT2D eigenvalue weighted by atomic mass is 35.5. The molecular formula is C22H27ClFN5O3. The number of ether oxygens (including phenoxy) is 1. The molecule has 2 aromatic rings. The summed E-state index contributed by atoms with van der Waals surface area (Å²) < 4.78 is 20.8. The number of anilines is 2. The average molecular weight is 464 g/mol. The Hall–Kier alpha value is -2.65. The van der Waals surface area contributed by atoms with E-state index in [0.717, 1.165) is 24.2 Å². The largest absolute Gasteiger partial charge is 0.381 e. The first-order valence-electron chi connectivity index (χ1n) is 10.8. The summed E-state index contributed by atoms with van der Waals surface area (Å²) in [5.41, 5.74) is 2.00. The highest BCUT2D eigenvalue weighted by Gasteiger charge is 2.46. The number of aromatic nitrogens is 2. The summed E-state index contributed by atoms with van der Waals surface area (Å²) in [4.78, 5) is 29.4. The van der Waals surface area contributed by atoms with Gasteiger partial charge in [-0.1, -0.05) is 11.6 Å². The van der Waals surface area contributed by atoms with Gasteiger partial charge >= 0.3 is 6.03 Å². The van der Waals surface area contributed by atoms with E-state index in [9.17, 15) is 14.0 Å². The normalized spacial score (nSPS) is 22.3. The molecule has 5 rings (SSSR count). The van der Waals surface area contributed by atoms with Gasteiger partial charge in [0.25, 0.3) is 0 Å². The lowest BCUT2D eigenvalue weighted by atomic mass is 9.79. The summed E-state index contributed by atoms with van der Waals surface area (Å²) in [7, 11) is 0. The van der Waals surface area contributed by atoms with Crippen molar-refractivity contribution in [1.82, 2.24) is 14.7 Å². The molecule has 1 N–H and O–H groups in total. The number of nitrogens with zero attached hydrogens (tertiary/aromatic N) is 4. The third-order valence-electron chi connectivity index (χ3n) is 6.81. The fraction of sp³-hybridized carbons (Fsp3) is 0.500. The van der Waals surface area contributed by atoms with E-state index in [1.54, 1.807) is 11.1 Å². The van der Waals surface area contributed by atoms with Crippen LogP contribution in [-0.4, -0.2) is 52.4 Å². The molecule has 1 aromatic carbocycles. The Kier molecular flexibility index (Phi) is 5.33. The Morgan fingerprint density at radius 3 is 2.91 bits per heavy atom. The van der Waals surface area contributed by atoms with Crippen LogP contribution in [0.15, 0.2) is 24.4 Å². The van der Waals surface area contributed by atoms with Crippen LogP contribution in [0.4, 0.5) is 20.6 Å². The minimum absolute atomic E-state index is 0. The number of carbonyl (C=O) groups excluding carboxylic acids is 2. The topological polar surface area (TPSA) is 79.7 Å².